The zero-order valence-corrected chi connectivity index (χ0v) is 34.3. The highest BCUT2D eigenvalue weighted by Crippen LogP contribution is 2.64. The van der Waals surface area contributed by atoms with E-state index in [1.807, 2.05) is 6.92 Å². The normalized spacial score (nSPS) is 17.2. The molecule has 0 amide bonds. The van der Waals surface area contributed by atoms with Crippen molar-refractivity contribution in [1.82, 2.24) is 9.55 Å². The molecule has 2 heterocycles. The van der Waals surface area contributed by atoms with Crippen LogP contribution in [-0.4, -0.2) is 39.1 Å². The number of ether oxygens (including phenoxy) is 3. The molecule has 2 aromatic carbocycles. The van der Waals surface area contributed by atoms with E-state index in [9.17, 15) is 33.2 Å². The molecule has 1 aliphatic rings. The number of benzene rings is 2. The Balaban J connectivity index is 1.36. The Morgan fingerprint density at radius 2 is 1.28 bits per heavy atom. The molecule has 0 fully saturated rings. The van der Waals surface area contributed by atoms with Gasteiger partial charge in [0.05, 0.1) is 19.8 Å². The molecular weight excluding hydrogens is 782 g/mol. The lowest BCUT2D eigenvalue weighted by Gasteiger charge is -2.22. The van der Waals surface area contributed by atoms with Crippen LogP contribution in [0.5, 0.6) is 11.5 Å². The lowest BCUT2D eigenvalue weighted by molar-refractivity contribution is -0.135. The predicted octanol–water partition coefficient (Wildman–Crippen LogP) is 8.12. The average molecular weight is 835 g/mol. The molecule has 3 unspecified atom stereocenters. The third-order valence-electron chi connectivity index (χ3n) is 8.64. The van der Waals surface area contributed by atoms with Crippen molar-refractivity contribution in [2.24, 2.45) is 0 Å². The topological polar surface area (TPSA) is 208 Å². The second kappa shape index (κ2) is 22.8. The molecule has 3 aromatic rings. The minimum atomic E-state index is -5.16. The monoisotopic (exact) mass is 834 g/mol. The Bertz CT molecular complexity index is 2000. The highest BCUT2D eigenvalue weighted by molar-refractivity contribution is 7.61. The molecule has 0 radical (unpaired) electrons. The van der Waals surface area contributed by atoms with Gasteiger partial charge in [0, 0.05) is 24.6 Å². The second-order valence-corrected chi connectivity index (χ2v) is 16.7. The number of phosphoric acid groups is 2. The van der Waals surface area contributed by atoms with Crippen LogP contribution in [-0.2, 0) is 54.6 Å². The summed E-state index contributed by atoms with van der Waals surface area (Å²) in [6.45, 7) is 4.28. The quantitative estimate of drug-likeness (QED) is 0.0272. The SMILES string of the molecule is CCCCCCCCCC(=O)Oc1ccc(COP(=O)(OCc2ccc(OC(=O)CCCC)cc2)OP(=O)(O)OCC2C=C[C@H](n3cc(C)c(=O)[nH]c3=O)O2)cc1. The molecule has 312 valence electrons. The molecule has 0 saturated carbocycles. The Morgan fingerprint density at radius 1 is 0.754 bits per heavy atom. The van der Waals surface area contributed by atoms with E-state index in [0.717, 1.165) is 36.7 Å². The van der Waals surface area contributed by atoms with Gasteiger partial charge < -0.3 is 19.1 Å². The summed E-state index contributed by atoms with van der Waals surface area (Å²) in [7, 11) is -10.0. The van der Waals surface area contributed by atoms with Crippen molar-refractivity contribution >= 4 is 27.6 Å². The number of rotatable bonds is 25. The fraction of sp³-hybridized carbons (Fsp3) is 0.487. The van der Waals surface area contributed by atoms with Crippen molar-refractivity contribution in [2.75, 3.05) is 6.61 Å². The smallest absolute Gasteiger partial charge is 0.427 e. The van der Waals surface area contributed by atoms with Crippen LogP contribution in [0.25, 0.3) is 0 Å². The first-order valence-corrected chi connectivity index (χ1v) is 22.1. The van der Waals surface area contributed by atoms with Gasteiger partial charge in [-0.2, -0.15) is 4.31 Å². The van der Waals surface area contributed by atoms with Crippen LogP contribution in [0.3, 0.4) is 0 Å². The van der Waals surface area contributed by atoms with Crippen LogP contribution in [0.4, 0.5) is 0 Å². The molecule has 4 atom stereocenters. The summed E-state index contributed by atoms with van der Waals surface area (Å²) < 4.78 is 65.7. The third kappa shape index (κ3) is 16.1. The Kier molecular flexibility index (Phi) is 18.3. The number of esters is 2. The standard InChI is InChI=1S/C39H52N2O14P2/c1-4-6-8-9-10-11-12-14-37(43)54-33-21-17-31(18-22-33)27-51-57(48,50-26-30-15-19-32(20-16-30)53-36(42)13-7-5-2)55-56(46,47)49-28-34-23-24-35(52-34)41-25-29(3)38(44)40-39(41)45/h15-25,34-35H,4-14,26-28H2,1-3H3,(H,46,47)(H,40,44,45)/t34?,35-,57?/m1/s1. The molecule has 1 aliphatic heterocycles. The van der Waals surface area contributed by atoms with Crippen LogP contribution < -0.4 is 20.7 Å². The first-order chi connectivity index (χ1) is 27.3. The molecule has 0 saturated heterocycles. The molecular formula is C39H52N2O14P2. The fourth-order valence-electron chi connectivity index (χ4n) is 5.45. The first kappa shape index (κ1) is 45.7. The molecule has 18 heteroatoms. The first-order valence-electron chi connectivity index (χ1n) is 19.1. The molecule has 2 N–H and O–H groups in total. The van der Waals surface area contributed by atoms with Gasteiger partial charge in [0.1, 0.15) is 17.6 Å². The minimum Gasteiger partial charge on any atom is -0.427 e. The summed E-state index contributed by atoms with van der Waals surface area (Å²) in [4.78, 5) is 61.2. The molecule has 0 aliphatic carbocycles. The van der Waals surface area contributed by atoms with E-state index in [1.165, 1.54) is 68.8 Å². The summed E-state index contributed by atoms with van der Waals surface area (Å²) in [5, 5.41) is 0. The third-order valence-corrected chi connectivity index (χ3v) is 11.6. The van der Waals surface area contributed by atoms with E-state index < -0.39 is 59.0 Å². The number of unbranched alkanes of at least 4 members (excludes halogenated alkanes) is 7. The van der Waals surface area contributed by atoms with E-state index in [1.54, 1.807) is 24.3 Å². The van der Waals surface area contributed by atoms with Crippen molar-refractivity contribution in [2.45, 2.75) is 117 Å². The maximum atomic E-state index is 13.9. The summed E-state index contributed by atoms with van der Waals surface area (Å²) in [5.74, 6) is -0.132. The van der Waals surface area contributed by atoms with Gasteiger partial charge in [-0.25, -0.2) is 13.9 Å². The van der Waals surface area contributed by atoms with Gasteiger partial charge in [0.15, 0.2) is 6.23 Å². The highest BCUT2D eigenvalue weighted by atomic mass is 31.3. The fourth-order valence-corrected chi connectivity index (χ4v) is 8.05. The highest BCUT2D eigenvalue weighted by Gasteiger charge is 2.39. The molecule has 16 nitrogen and oxygen atoms in total. The maximum Gasteiger partial charge on any atom is 0.484 e. The van der Waals surface area contributed by atoms with E-state index in [-0.39, 0.29) is 23.9 Å². The summed E-state index contributed by atoms with van der Waals surface area (Å²) in [6.07, 6.45) is 12.0. The molecule has 4 rings (SSSR count). The van der Waals surface area contributed by atoms with Gasteiger partial charge in [-0.15, -0.1) is 0 Å². The minimum absolute atomic E-state index is 0.269. The molecule has 0 bridgehead atoms. The Morgan fingerprint density at radius 3 is 1.84 bits per heavy atom. The largest absolute Gasteiger partial charge is 0.484 e. The van der Waals surface area contributed by atoms with Gasteiger partial charge in [0.25, 0.3) is 5.56 Å². The van der Waals surface area contributed by atoms with Crippen molar-refractivity contribution < 1.29 is 55.7 Å². The number of aromatic nitrogens is 2. The van der Waals surface area contributed by atoms with Crippen LogP contribution >= 0.6 is 15.6 Å². The van der Waals surface area contributed by atoms with Gasteiger partial charge in [0.2, 0.25) is 0 Å². The molecule has 0 spiro atoms. The van der Waals surface area contributed by atoms with Gasteiger partial charge in [-0.1, -0.05) is 89.1 Å². The van der Waals surface area contributed by atoms with Crippen LogP contribution in [0.15, 0.2) is 76.5 Å². The van der Waals surface area contributed by atoms with Crippen molar-refractivity contribution in [1.29, 1.82) is 0 Å². The summed E-state index contributed by atoms with van der Waals surface area (Å²) in [6, 6.07) is 12.3. The van der Waals surface area contributed by atoms with Crippen LogP contribution in [0, 0.1) is 6.92 Å². The number of carbonyl (C=O) groups excluding carboxylic acids is 2. The van der Waals surface area contributed by atoms with E-state index >= 15 is 0 Å². The zero-order valence-electron chi connectivity index (χ0n) is 32.5. The van der Waals surface area contributed by atoms with Crippen LogP contribution in [0.2, 0.25) is 0 Å². The summed E-state index contributed by atoms with van der Waals surface area (Å²) in [5.41, 5.74) is -0.107. The lowest BCUT2D eigenvalue weighted by Crippen LogP contribution is -2.33. The number of nitrogens with one attached hydrogen (secondary N) is 1. The Labute approximate surface area is 331 Å². The summed E-state index contributed by atoms with van der Waals surface area (Å²) >= 11 is 0. The van der Waals surface area contributed by atoms with E-state index in [0.29, 0.717) is 35.5 Å². The number of aromatic amines is 1. The van der Waals surface area contributed by atoms with Crippen molar-refractivity contribution in [3.05, 3.63) is 104 Å². The predicted molar refractivity (Wildman–Crippen MR) is 209 cm³/mol. The maximum absolute atomic E-state index is 13.9. The van der Waals surface area contributed by atoms with E-state index in [2.05, 4.69) is 11.9 Å². The Hall–Kier alpha value is -3.98. The van der Waals surface area contributed by atoms with Crippen molar-refractivity contribution in [3.63, 3.8) is 0 Å². The number of hydrogen-bond donors (Lipinski definition) is 2. The number of nitrogens with zero attached hydrogens (tertiary/aromatic N) is 1. The second-order valence-electron chi connectivity index (χ2n) is 13.5. The van der Waals surface area contributed by atoms with Crippen LogP contribution in [0.1, 0.15) is 107 Å². The van der Waals surface area contributed by atoms with Crippen molar-refractivity contribution in [3.8, 4) is 11.5 Å². The van der Waals surface area contributed by atoms with E-state index in [4.69, 9.17) is 32.1 Å². The number of H-pyrrole nitrogens is 1. The number of aryl methyl sites for hydroxylation is 1. The van der Waals surface area contributed by atoms with Gasteiger partial charge in [-0.05, 0) is 61.2 Å². The van der Waals surface area contributed by atoms with Gasteiger partial charge in [-0.3, -0.25) is 37.5 Å². The molecule has 1 aromatic heterocycles. The number of hydrogen-bond acceptors (Lipinski definition) is 13. The van der Waals surface area contributed by atoms with Gasteiger partial charge >= 0.3 is 33.3 Å². The zero-order chi connectivity index (χ0) is 41.3. The lowest BCUT2D eigenvalue weighted by atomic mass is 10.1. The number of phosphoric ester groups is 2. The molecule has 57 heavy (non-hydrogen) atoms. The average Bonchev–Trinajstić information content (AvgIpc) is 3.66. The number of carbonyl (C=O) groups is 2.